The van der Waals surface area contributed by atoms with Crippen LogP contribution >= 0.6 is 0 Å². The third kappa shape index (κ3) is 14.2. The van der Waals surface area contributed by atoms with Crippen LogP contribution in [0.3, 0.4) is 0 Å². The van der Waals surface area contributed by atoms with Gasteiger partial charge in [0.2, 0.25) is 0 Å². The predicted octanol–water partition coefficient (Wildman–Crippen LogP) is 12.0. The molecule has 1 radical (unpaired) electrons. The van der Waals surface area contributed by atoms with Crippen molar-refractivity contribution in [3.63, 3.8) is 0 Å². The molecule has 0 heterocycles. The molecule has 0 saturated heterocycles. The minimum Gasteiger partial charge on any atom is -0.103 e. The molecule has 0 amide bonds. The minimum absolute atomic E-state index is 0.306. The summed E-state index contributed by atoms with van der Waals surface area (Å²) < 4.78 is 0. The fourth-order valence-electron chi connectivity index (χ4n) is 4.59. The van der Waals surface area contributed by atoms with Crippen molar-refractivity contribution < 1.29 is 0 Å². The Labute approximate surface area is 242 Å². The van der Waals surface area contributed by atoms with Crippen molar-refractivity contribution in [2.75, 3.05) is 0 Å². The molecule has 0 nitrogen and oxygen atoms in total. The van der Waals surface area contributed by atoms with E-state index in [2.05, 4.69) is 127 Å². The SMILES string of the molecule is C=CC(C)(C)C.C=CC1=CC=CCC1CCC(=C)CCCC(C)c1ccccc1CC1=CC=CC=C[CH]1.CC. The highest BCUT2D eigenvalue weighted by molar-refractivity contribution is 5.39. The first-order valence-corrected chi connectivity index (χ1v) is 15.0. The molecule has 0 bridgehead atoms. The molecule has 2 atom stereocenters. The quantitative estimate of drug-likeness (QED) is 0.253. The van der Waals surface area contributed by atoms with E-state index in [0.29, 0.717) is 17.3 Å². The standard InChI is InChI=1S/C31H37.C6H12.C2H6/c1-4-28-18-9-10-19-29(28)23-22-25(2)14-13-15-26(3)31-21-12-11-20-30(31)24-27-16-7-5-6-8-17-27;1-5-6(2,3)4;1-2/h4-12,16-18,20-21,26,29H,1-2,13-15,19,22-24H2,3H3;5H,1H2,2-4H3;1-2H3. The summed E-state index contributed by atoms with van der Waals surface area (Å²) in [7, 11) is 0. The number of benzene rings is 1. The Bertz CT molecular complexity index is 1030. The lowest BCUT2D eigenvalue weighted by atomic mass is 9.85. The molecule has 0 spiro atoms. The van der Waals surface area contributed by atoms with Gasteiger partial charge in [-0.2, -0.15) is 0 Å². The van der Waals surface area contributed by atoms with Crippen molar-refractivity contribution in [3.8, 4) is 0 Å². The summed E-state index contributed by atoms with van der Waals surface area (Å²) in [6.07, 6.45) is 31.5. The van der Waals surface area contributed by atoms with Gasteiger partial charge in [-0.25, -0.2) is 0 Å². The van der Waals surface area contributed by atoms with Crippen LogP contribution in [0.4, 0.5) is 0 Å². The lowest BCUT2D eigenvalue weighted by molar-refractivity contribution is 0.546. The number of hydrogen-bond donors (Lipinski definition) is 0. The van der Waals surface area contributed by atoms with Gasteiger partial charge < -0.3 is 0 Å². The van der Waals surface area contributed by atoms with Crippen molar-refractivity contribution in [1.82, 2.24) is 0 Å². The maximum Gasteiger partial charge on any atom is 0.00869 e. The monoisotopic (exact) mass is 523 g/mol. The number of allylic oxidation sites excluding steroid dienone is 13. The summed E-state index contributed by atoms with van der Waals surface area (Å²) in [4.78, 5) is 0. The average molecular weight is 524 g/mol. The topological polar surface area (TPSA) is 0 Å². The van der Waals surface area contributed by atoms with E-state index in [1.54, 1.807) is 0 Å². The maximum atomic E-state index is 4.38. The van der Waals surface area contributed by atoms with Gasteiger partial charge in [-0.3, -0.25) is 0 Å². The van der Waals surface area contributed by atoms with E-state index < -0.39 is 0 Å². The van der Waals surface area contributed by atoms with Crippen LogP contribution in [0.15, 0.2) is 121 Å². The second-order valence-electron chi connectivity index (χ2n) is 11.4. The Hall–Kier alpha value is -2.86. The van der Waals surface area contributed by atoms with Gasteiger partial charge >= 0.3 is 0 Å². The van der Waals surface area contributed by atoms with Crippen molar-refractivity contribution in [2.24, 2.45) is 11.3 Å². The Morgan fingerprint density at radius 1 is 0.974 bits per heavy atom. The molecular formula is C39H55. The van der Waals surface area contributed by atoms with Gasteiger partial charge in [-0.05, 0) is 78.9 Å². The lowest BCUT2D eigenvalue weighted by Gasteiger charge is -2.20. The Morgan fingerprint density at radius 2 is 1.67 bits per heavy atom. The summed E-state index contributed by atoms with van der Waals surface area (Å²) in [6.45, 7) is 24.7. The fraction of sp³-hybridized carbons (Fsp3) is 0.410. The summed E-state index contributed by atoms with van der Waals surface area (Å²) in [5, 5.41) is 0. The summed E-state index contributed by atoms with van der Waals surface area (Å²) in [5.74, 6) is 1.19. The van der Waals surface area contributed by atoms with Gasteiger partial charge in [0.05, 0.1) is 0 Å². The van der Waals surface area contributed by atoms with E-state index in [4.69, 9.17) is 0 Å². The molecule has 39 heavy (non-hydrogen) atoms. The van der Waals surface area contributed by atoms with Crippen molar-refractivity contribution >= 4 is 0 Å². The van der Waals surface area contributed by atoms with Gasteiger partial charge in [0.1, 0.15) is 0 Å². The van der Waals surface area contributed by atoms with Crippen LogP contribution in [-0.2, 0) is 6.42 Å². The number of rotatable bonds is 11. The fourth-order valence-corrected chi connectivity index (χ4v) is 4.59. The van der Waals surface area contributed by atoms with Crippen molar-refractivity contribution in [1.29, 1.82) is 0 Å². The molecule has 0 heteroatoms. The first-order valence-electron chi connectivity index (χ1n) is 15.0. The van der Waals surface area contributed by atoms with Gasteiger partial charge in [-0.1, -0.05) is 151 Å². The van der Waals surface area contributed by atoms with Gasteiger partial charge in [0, 0.05) is 6.42 Å². The summed E-state index contributed by atoms with van der Waals surface area (Å²) in [6, 6.07) is 8.96. The Morgan fingerprint density at radius 3 is 2.36 bits per heavy atom. The van der Waals surface area contributed by atoms with Crippen molar-refractivity contribution in [2.45, 2.75) is 92.4 Å². The zero-order valence-electron chi connectivity index (χ0n) is 25.9. The van der Waals surface area contributed by atoms with E-state index in [1.165, 1.54) is 47.1 Å². The molecule has 0 fully saturated rings. The summed E-state index contributed by atoms with van der Waals surface area (Å²) in [5.41, 5.74) is 7.40. The maximum absolute atomic E-state index is 4.38. The van der Waals surface area contributed by atoms with Crippen LogP contribution in [-0.4, -0.2) is 0 Å². The highest BCUT2D eigenvalue weighted by Crippen LogP contribution is 2.30. The van der Waals surface area contributed by atoms with E-state index in [0.717, 1.165) is 25.7 Å². The predicted molar refractivity (Wildman–Crippen MR) is 178 cm³/mol. The van der Waals surface area contributed by atoms with Crippen LogP contribution in [0.2, 0.25) is 0 Å². The Kier molecular flexibility index (Phi) is 16.9. The largest absolute Gasteiger partial charge is 0.103 e. The lowest BCUT2D eigenvalue weighted by Crippen LogP contribution is -2.05. The third-order valence-electron chi connectivity index (χ3n) is 7.11. The first-order chi connectivity index (χ1) is 18.7. The van der Waals surface area contributed by atoms with E-state index in [1.807, 2.05) is 26.0 Å². The third-order valence-corrected chi connectivity index (χ3v) is 7.11. The molecule has 0 saturated carbocycles. The molecular weight excluding hydrogens is 468 g/mol. The van der Waals surface area contributed by atoms with Crippen molar-refractivity contribution in [3.05, 3.63) is 139 Å². The Balaban J connectivity index is 0.000000839. The smallest absolute Gasteiger partial charge is 0.00869 e. The molecule has 211 valence electrons. The van der Waals surface area contributed by atoms with E-state index in [-0.39, 0.29) is 0 Å². The van der Waals surface area contributed by atoms with Gasteiger partial charge in [-0.15, -0.1) is 6.58 Å². The molecule has 0 N–H and O–H groups in total. The van der Waals surface area contributed by atoms with Crippen LogP contribution in [0.25, 0.3) is 0 Å². The summed E-state index contributed by atoms with van der Waals surface area (Å²) >= 11 is 0. The van der Waals surface area contributed by atoms with Crippen LogP contribution in [0, 0.1) is 17.8 Å². The average Bonchev–Trinajstić information content (AvgIpc) is 3.22. The van der Waals surface area contributed by atoms with Crippen LogP contribution < -0.4 is 0 Å². The highest BCUT2D eigenvalue weighted by Gasteiger charge is 2.14. The van der Waals surface area contributed by atoms with E-state index in [9.17, 15) is 0 Å². The normalized spacial score (nSPS) is 16.8. The molecule has 3 rings (SSSR count). The second-order valence-corrected chi connectivity index (χ2v) is 11.4. The molecule has 2 aliphatic rings. The molecule has 0 aliphatic heterocycles. The van der Waals surface area contributed by atoms with Gasteiger partial charge in [0.25, 0.3) is 0 Å². The van der Waals surface area contributed by atoms with E-state index >= 15 is 0 Å². The minimum atomic E-state index is 0.306. The molecule has 0 aromatic heterocycles. The molecule has 1 aromatic rings. The van der Waals surface area contributed by atoms with Crippen LogP contribution in [0.1, 0.15) is 97.1 Å². The first kappa shape index (κ1) is 34.2. The zero-order chi connectivity index (χ0) is 29.1. The molecule has 2 unspecified atom stereocenters. The second kappa shape index (κ2) is 19.2. The molecule has 2 aliphatic carbocycles. The molecule has 1 aromatic carbocycles. The highest BCUT2D eigenvalue weighted by atomic mass is 14.2. The van der Waals surface area contributed by atoms with Crippen LogP contribution in [0.5, 0.6) is 0 Å². The van der Waals surface area contributed by atoms with Gasteiger partial charge in [0.15, 0.2) is 0 Å². The number of hydrogen-bond acceptors (Lipinski definition) is 0. The zero-order valence-corrected chi connectivity index (χ0v) is 25.9.